The fourth-order valence-electron chi connectivity index (χ4n) is 8.57. The van der Waals surface area contributed by atoms with Crippen molar-refractivity contribution in [3.63, 3.8) is 0 Å². The van der Waals surface area contributed by atoms with Crippen LogP contribution in [0.15, 0.2) is 272 Å². The van der Waals surface area contributed by atoms with Gasteiger partial charge in [0.25, 0.3) is 0 Å². The van der Waals surface area contributed by atoms with Crippen molar-refractivity contribution in [3.05, 3.63) is 270 Å². The lowest BCUT2D eigenvalue weighted by Crippen LogP contribution is -2.18. The first-order valence-electron chi connectivity index (χ1n) is 27.2. The maximum absolute atomic E-state index is 12.9. The molecule has 11 nitrogen and oxygen atoms in total. The molecule has 10 aromatic carbocycles. The Hall–Kier alpha value is -9.86. The second-order valence-electron chi connectivity index (χ2n) is 19.9. The van der Waals surface area contributed by atoms with E-state index in [1.54, 1.807) is 167 Å². The molecular weight excluding hydrogens is 1350 g/mol. The molecule has 0 aliphatic rings. The van der Waals surface area contributed by atoms with Crippen molar-refractivity contribution >= 4 is 29.5 Å². The second-order valence-corrected chi connectivity index (χ2v) is 25.8. The molecule has 0 saturated heterocycles. The van der Waals surface area contributed by atoms with Gasteiger partial charge >= 0.3 is 0 Å². The van der Waals surface area contributed by atoms with Crippen LogP contribution in [0.25, 0.3) is 11.1 Å². The molecule has 0 atom stereocenters. The number of halogens is 13. The van der Waals surface area contributed by atoms with Gasteiger partial charge in [-0.15, -0.1) is 0 Å². The molecule has 0 fully saturated rings. The topological polar surface area (TPSA) is 149 Å². The third kappa shape index (κ3) is 23.9. The molecule has 0 heterocycles. The average Bonchev–Trinajstić information content (AvgIpc) is 0.827. The van der Waals surface area contributed by atoms with E-state index in [2.05, 4.69) is 38.1 Å². The van der Waals surface area contributed by atoms with E-state index in [-0.39, 0.29) is 34.6 Å². The van der Waals surface area contributed by atoms with Gasteiger partial charge in [-0.05, 0) is 201 Å². The first-order chi connectivity index (χ1) is 45.7. The smallest absolute Gasteiger partial charge is 0.206 e. The molecule has 27 heteroatoms. The molecule has 0 bridgehead atoms. The molecule has 10 rings (SSSR count). The number of ether oxygens (including phenoxy) is 5. The zero-order valence-electron chi connectivity index (χ0n) is 52.3. The SMILES string of the molecule is COc1ccc(-c2ccc(Oc3ccc(S(=O)(=O)c4ccc(C)cc4)cc3)cc2)cc1.COc1ccc(C(C)(C)c2ccc(Oc3ccc(S(=O)(=O)c4ccc(C)cc4)cc3)cc2)cc1.COc1ccc(S(=O)(=O)c2ccc(C)cc2)cc1.F.FF.FF.FF.FF.FF.FF. The first-order valence-corrected chi connectivity index (χ1v) is 31.6. The van der Waals surface area contributed by atoms with Gasteiger partial charge in [-0.3, -0.25) is 4.70 Å². The molecule has 0 saturated carbocycles. The number of hydrogen-bond donors (Lipinski definition) is 0. The first kappa shape index (κ1) is 84.2. The van der Waals surface area contributed by atoms with Crippen LogP contribution in [0.1, 0.15) is 41.7 Å². The highest BCUT2D eigenvalue weighted by atomic mass is 32.2. The highest BCUT2D eigenvalue weighted by Gasteiger charge is 2.24. The van der Waals surface area contributed by atoms with E-state index in [4.69, 9.17) is 78.6 Å². The third-order valence-corrected chi connectivity index (χ3v) is 19.1. The Morgan fingerprint density at radius 2 is 0.406 bits per heavy atom. The molecule has 0 N–H and O–H groups in total. The van der Waals surface area contributed by atoms with E-state index in [9.17, 15) is 25.3 Å². The van der Waals surface area contributed by atoms with Gasteiger partial charge in [0.1, 0.15) is 40.2 Å². The van der Waals surface area contributed by atoms with Gasteiger partial charge in [0.2, 0.25) is 29.5 Å². The predicted octanol–water partition coefficient (Wildman–Crippen LogP) is 21.3. The highest BCUT2D eigenvalue weighted by molar-refractivity contribution is 7.92. The summed E-state index contributed by atoms with van der Waals surface area (Å²) in [7, 11) is -5.70. The zero-order chi connectivity index (χ0) is 71.4. The van der Waals surface area contributed by atoms with Gasteiger partial charge < -0.3 is 23.7 Å². The van der Waals surface area contributed by atoms with Crippen LogP contribution in [0, 0.1) is 20.8 Å². The lowest BCUT2D eigenvalue weighted by atomic mass is 9.78. The fraction of sp³-hybridized carbons (Fsp3) is 0.130. The van der Waals surface area contributed by atoms with Crippen molar-refractivity contribution in [3.8, 4) is 51.4 Å². The van der Waals surface area contributed by atoms with Crippen LogP contribution < -0.4 is 23.7 Å². The van der Waals surface area contributed by atoms with Crippen LogP contribution in [0.3, 0.4) is 0 Å². The minimum atomic E-state index is -3.56. The van der Waals surface area contributed by atoms with Crippen LogP contribution in [0.2, 0.25) is 0 Å². The van der Waals surface area contributed by atoms with Gasteiger partial charge in [-0.25, -0.2) is 25.3 Å². The summed E-state index contributed by atoms with van der Waals surface area (Å²) in [6, 6.07) is 71.5. The lowest BCUT2D eigenvalue weighted by Gasteiger charge is -2.26. The number of rotatable bonds is 16. The minimum absolute atomic E-state index is 0. The molecule has 10 aromatic rings. The Balaban J connectivity index is 0.000000685. The van der Waals surface area contributed by atoms with Crippen molar-refractivity contribution in [2.75, 3.05) is 21.3 Å². The summed E-state index contributed by atoms with van der Waals surface area (Å²) in [5, 5.41) is 0. The molecule has 0 unspecified atom stereocenters. The monoisotopic (exact) mass is 1410 g/mol. The standard InChI is InChI=1S/C29H28O4S.C26H22O4S.C14H14O3S.6F2.FH/c1-21-5-17-27(18-6-21)34(30,31)28-19-15-26(16-20-28)33-25-13-9-23(10-14-25)29(2,3)22-7-11-24(32-4)12-8-22;1-19-3-15-25(16-4-19)31(27,28)26-17-13-24(14-18-26)30-23-11-7-21(8-12-23)20-5-9-22(29-2)10-6-20;1-11-3-7-13(8-4-11)18(15,16)14-9-5-12(17-2)6-10-14;6*1-2;/h5-20H,1-4H3;3-18H,1-2H3;3-10H,1-2H3;;;;;;;1H. The van der Waals surface area contributed by atoms with E-state index in [1.165, 1.54) is 5.56 Å². The van der Waals surface area contributed by atoms with Crippen LogP contribution in [0.4, 0.5) is 59.6 Å². The molecule has 0 aliphatic carbocycles. The molecule has 516 valence electrons. The number of hydrogen-bond acceptors (Lipinski definition) is 11. The molecule has 0 amide bonds. The molecular formula is C69H65F13O11S3. The number of sulfone groups is 3. The molecule has 0 aliphatic heterocycles. The van der Waals surface area contributed by atoms with Gasteiger partial charge in [-0.1, -0.05) is 115 Å². The Bertz CT molecular complexity index is 4130. The Kier molecular flexibility index (Phi) is 37.2. The van der Waals surface area contributed by atoms with Gasteiger partial charge in [0, 0.05) is 60.3 Å². The maximum Gasteiger partial charge on any atom is 0.206 e. The van der Waals surface area contributed by atoms with Crippen LogP contribution in [-0.2, 0) is 34.9 Å². The average molecular weight is 1410 g/mol. The van der Waals surface area contributed by atoms with E-state index >= 15 is 0 Å². The van der Waals surface area contributed by atoms with Crippen molar-refractivity contribution in [1.29, 1.82) is 0 Å². The van der Waals surface area contributed by atoms with E-state index < -0.39 is 29.5 Å². The number of methoxy groups -OCH3 is 3. The Morgan fingerprint density at radius 1 is 0.250 bits per heavy atom. The molecule has 0 spiro atoms. The van der Waals surface area contributed by atoms with Crippen molar-refractivity contribution in [1.82, 2.24) is 0 Å². The van der Waals surface area contributed by atoms with Crippen molar-refractivity contribution in [2.45, 2.75) is 69.4 Å². The molecule has 96 heavy (non-hydrogen) atoms. The summed E-state index contributed by atoms with van der Waals surface area (Å²) in [5.74, 6) is 4.79. The summed E-state index contributed by atoms with van der Waals surface area (Å²) in [6.07, 6.45) is 0. The van der Waals surface area contributed by atoms with Crippen LogP contribution >= 0.6 is 0 Å². The predicted molar refractivity (Wildman–Crippen MR) is 342 cm³/mol. The molecule has 0 aromatic heterocycles. The van der Waals surface area contributed by atoms with Crippen LogP contribution in [0.5, 0.6) is 40.2 Å². The largest absolute Gasteiger partial charge is 0.497 e. The van der Waals surface area contributed by atoms with E-state index in [0.29, 0.717) is 33.6 Å². The fourth-order valence-corrected chi connectivity index (χ4v) is 12.4. The van der Waals surface area contributed by atoms with Gasteiger partial charge in [0.05, 0.1) is 50.7 Å². The lowest BCUT2D eigenvalue weighted by molar-refractivity contribution is 0.108. The van der Waals surface area contributed by atoms with E-state index in [0.717, 1.165) is 44.9 Å². The third-order valence-electron chi connectivity index (χ3n) is 13.8. The second kappa shape index (κ2) is 42.5. The van der Waals surface area contributed by atoms with Gasteiger partial charge in [-0.2, -0.15) is 0 Å². The Morgan fingerprint density at radius 3 is 0.615 bits per heavy atom. The van der Waals surface area contributed by atoms with Crippen molar-refractivity contribution < 1.29 is 109 Å². The summed E-state index contributed by atoms with van der Waals surface area (Å²) < 4.78 is 199. The minimum Gasteiger partial charge on any atom is -0.497 e. The van der Waals surface area contributed by atoms with Crippen molar-refractivity contribution in [2.24, 2.45) is 0 Å². The zero-order valence-corrected chi connectivity index (χ0v) is 54.7. The van der Waals surface area contributed by atoms with Crippen LogP contribution in [-0.4, -0.2) is 46.6 Å². The Labute approximate surface area is 548 Å². The summed E-state index contributed by atoms with van der Waals surface area (Å²) in [6.45, 7) is 10.1. The quantitative estimate of drug-likeness (QED) is 0.0851. The number of benzene rings is 10. The summed E-state index contributed by atoms with van der Waals surface area (Å²) >= 11 is 0. The van der Waals surface area contributed by atoms with E-state index in [1.807, 2.05) is 93.6 Å². The highest BCUT2D eigenvalue weighted by Crippen LogP contribution is 2.35. The number of aryl methyl sites for hydroxylation is 3. The van der Waals surface area contributed by atoms with Gasteiger partial charge in [0.15, 0.2) is 0 Å². The normalized spacial score (nSPS) is 10.2. The maximum atomic E-state index is 12.9. The molecule has 0 radical (unpaired) electrons. The summed E-state index contributed by atoms with van der Waals surface area (Å²) in [4.78, 5) is 1.60. The summed E-state index contributed by atoms with van der Waals surface area (Å²) in [5.41, 5.74) is 7.37.